The Kier molecular flexibility index (Phi) is 6.81. The molecule has 12 heteroatoms. The van der Waals surface area contributed by atoms with Gasteiger partial charge in [-0.3, -0.25) is 14.9 Å². The maximum atomic E-state index is 13.9. The number of hydrogen-bond acceptors (Lipinski definition) is 7. The number of carbonyl (C=O) groups excluding carboxylic acids is 1. The van der Waals surface area contributed by atoms with E-state index in [-0.39, 0.29) is 26.8 Å². The van der Waals surface area contributed by atoms with E-state index < -0.39 is 20.9 Å². The Balaban J connectivity index is 1.78. The second-order valence-corrected chi connectivity index (χ2v) is 11.3. The minimum Gasteiger partial charge on any atom is -0.267 e. The third-order valence-corrected chi connectivity index (χ3v) is 8.14. The Bertz CT molecular complexity index is 1750. The van der Waals surface area contributed by atoms with E-state index in [0.717, 1.165) is 11.3 Å². The Morgan fingerprint density at radius 3 is 2.11 bits per heavy atom. The number of nitrogens with one attached hydrogen (secondary N) is 1. The number of carbonyl (C=O) groups is 1. The van der Waals surface area contributed by atoms with Gasteiger partial charge in [-0.15, -0.1) is 11.3 Å². The molecule has 0 atom stereocenters. The number of sulfonamides is 1. The number of hydrogen-bond donors (Lipinski definition) is 1. The van der Waals surface area contributed by atoms with E-state index in [9.17, 15) is 23.3 Å². The van der Waals surface area contributed by atoms with Crippen molar-refractivity contribution in [1.29, 1.82) is 0 Å². The maximum Gasteiger partial charge on any atom is 0.275 e. The Morgan fingerprint density at radius 1 is 0.895 bits per heavy atom. The minimum atomic E-state index is -4.52. The van der Waals surface area contributed by atoms with Gasteiger partial charge in [-0.1, -0.05) is 60.1 Å². The van der Waals surface area contributed by atoms with E-state index in [1.54, 1.807) is 60.7 Å². The number of para-hydroxylation sites is 1. The standard InChI is InChI=1S/C26H17ClN4O5S2/c27-22-16-15-21(37-22)26(32)29-38(35,36)25-23(17-7-3-1-4-8-17)28-30(19-9-5-2-6-10-19)24(25)18-11-13-20(14-12-18)31(33)34/h1-16H,(H,29,32). The molecule has 0 saturated carbocycles. The SMILES string of the molecule is O=C(NS(=O)(=O)c1c(-c2ccccc2)nn(-c2ccccc2)c1-c1ccc([N+](=O)[O-])cc1)c1ccc(Cl)s1. The first kappa shape index (κ1) is 25.3. The van der Waals surface area contributed by atoms with E-state index >= 15 is 0 Å². The Morgan fingerprint density at radius 2 is 1.53 bits per heavy atom. The second kappa shape index (κ2) is 10.2. The molecule has 0 aliphatic carbocycles. The van der Waals surface area contributed by atoms with Crippen molar-refractivity contribution >= 4 is 44.6 Å². The molecule has 5 aromatic rings. The van der Waals surface area contributed by atoms with Crippen molar-refractivity contribution in [1.82, 2.24) is 14.5 Å². The van der Waals surface area contributed by atoms with Crippen molar-refractivity contribution < 1.29 is 18.1 Å². The van der Waals surface area contributed by atoms with Gasteiger partial charge in [-0.05, 0) is 36.4 Å². The monoisotopic (exact) mass is 564 g/mol. The molecule has 0 fully saturated rings. The van der Waals surface area contributed by atoms with Gasteiger partial charge in [0.2, 0.25) is 0 Å². The minimum absolute atomic E-state index is 0.104. The first-order valence-electron chi connectivity index (χ1n) is 11.1. The number of thiophene rings is 1. The lowest BCUT2D eigenvalue weighted by atomic mass is 10.1. The zero-order valence-corrected chi connectivity index (χ0v) is 21.7. The van der Waals surface area contributed by atoms with Gasteiger partial charge >= 0.3 is 0 Å². The molecular formula is C26H17ClN4O5S2. The van der Waals surface area contributed by atoms with Gasteiger partial charge < -0.3 is 0 Å². The molecule has 3 aromatic carbocycles. The summed E-state index contributed by atoms with van der Waals surface area (Å²) in [5.74, 6) is -0.844. The number of benzene rings is 3. The van der Waals surface area contributed by atoms with Gasteiger partial charge in [0.15, 0.2) is 0 Å². The molecule has 0 radical (unpaired) electrons. The molecule has 0 saturated heterocycles. The van der Waals surface area contributed by atoms with Crippen molar-refractivity contribution in [3.8, 4) is 28.2 Å². The second-order valence-electron chi connectivity index (χ2n) is 7.98. The van der Waals surface area contributed by atoms with Crippen molar-refractivity contribution in [2.24, 2.45) is 0 Å². The summed E-state index contributed by atoms with van der Waals surface area (Å²) >= 11 is 6.88. The zero-order chi connectivity index (χ0) is 26.9. The van der Waals surface area contributed by atoms with Gasteiger partial charge in [0.25, 0.3) is 21.6 Å². The summed E-state index contributed by atoms with van der Waals surface area (Å²) in [6.45, 7) is 0. The first-order chi connectivity index (χ1) is 18.2. The van der Waals surface area contributed by atoms with Gasteiger partial charge in [-0.2, -0.15) is 5.10 Å². The van der Waals surface area contributed by atoms with Crippen LogP contribution in [0, 0.1) is 10.1 Å². The van der Waals surface area contributed by atoms with Crippen molar-refractivity contribution in [2.45, 2.75) is 4.90 Å². The maximum absolute atomic E-state index is 13.9. The van der Waals surface area contributed by atoms with E-state index in [1.807, 2.05) is 0 Å². The molecule has 190 valence electrons. The third-order valence-electron chi connectivity index (χ3n) is 5.53. The normalized spacial score (nSPS) is 11.3. The molecule has 0 unspecified atom stereocenters. The fraction of sp³-hybridized carbons (Fsp3) is 0. The van der Waals surface area contributed by atoms with Crippen molar-refractivity contribution in [3.05, 3.63) is 116 Å². The highest BCUT2D eigenvalue weighted by molar-refractivity contribution is 7.90. The van der Waals surface area contributed by atoms with Gasteiger partial charge in [0.1, 0.15) is 10.6 Å². The van der Waals surface area contributed by atoms with Crippen LogP contribution in [0.3, 0.4) is 0 Å². The van der Waals surface area contributed by atoms with E-state index in [4.69, 9.17) is 11.6 Å². The Hall–Kier alpha value is -4.32. The third kappa shape index (κ3) is 4.94. The number of rotatable bonds is 7. The average Bonchev–Trinajstić information content (AvgIpc) is 3.54. The van der Waals surface area contributed by atoms with E-state index in [0.29, 0.717) is 21.2 Å². The zero-order valence-electron chi connectivity index (χ0n) is 19.3. The van der Waals surface area contributed by atoms with Crippen LogP contribution in [0.2, 0.25) is 4.34 Å². The molecule has 5 rings (SSSR count). The predicted molar refractivity (Wildman–Crippen MR) is 145 cm³/mol. The summed E-state index contributed by atoms with van der Waals surface area (Å²) in [7, 11) is -4.52. The molecule has 0 aliphatic rings. The molecule has 0 spiro atoms. The van der Waals surface area contributed by atoms with Crippen LogP contribution < -0.4 is 4.72 Å². The first-order valence-corrected chi connectivity index (χ1v) is 13.7. The molecule has 38 heavy (non-hydrogen) atoms. The van der Waals surface area contributed by atoms with Crippen LogP contribution in [0.15, 0.2) is 102 Å². The molecular weight excluding hydrogens is 548 g/mol. The van der Waals surface area contributed by atoms with Gasteiger partial charge in [-0.25, -0.2) is 17.8 Å². The van der Waals surface area contributed by atoms with Crippen LogP contribution in [0.4, 0.5) is 5.69 Å². The van der Waals surface area contributed by atoms with E-state index in [1.165, 1.54) is 41.1 Å². The van der Waals surface area contributed by atoms with Crippen molar-refractivity contribution in [3.63, 3.8) is 0 Å². The molecule has 9 nitrogen and oxygen atoms in total. The van der Waals surface area contributed by atoms with Crippen molar-refractivity contribution in [2.75, 3.05) is 0 Å². The molecule has 0 aliphatic heterocycles. The number of nitro groups is 1. The van der Waals surface area contributed by atoms with Gasteiger partial charge in [0.05, 0.1) is 25.5 Å². The molecule has 0 bridgehead atoms. The highest BCUT2D eigenvalue weighted by atomic mass is 35.5. The predicted octanol–water partition coefficient (Wildman–Crippen LogP) is 5.95. The van der Waals surface area contributed by atoms with Gasteiger partial charge in [0, 0.05) is 23.3 Å². The summed E-state index contributed by atoms with van der Waals surface area (Å²) in [6.07, 6.45) is 0. The summed E-state index contributed by atoms with van der Waals surface area (Å²) in [4.78, 5) is 23.5. The number of aromatic nitrogens is 2. The van der Waals surface area contributed by atoms with E-state index in [2.05, 4.69) is 9.82 Å². The largest absolute Gasteiger partial charge is 0.275 e. The van der Waals surface area contributed by atoms with Crippen LogP contribution in [-0.2, 0) is 10.0 Å². The van der Waals surface area contributed by atoms with Crippen LogP contribution >= 0.6 is 22.9 Å². The fourth-order valence-corrected chi connectivity index (χ4v) is 6.18. The smallest absolute Gasteiger partial charge is 0.267 e. The average molecular weight is 565 g/mol. The lowest BCUT2D eigenvalue weighted by Gasteiger charge is -2.12. The van der Waals surface area contributed by atoms with Crippen LogP contribution in [0.1, 0.15) is 9.67 Å². The Labute approximate surface area is 226 Å². The number of nitro benzene ring substituents is 1. The molecule has 2 heterocycles. The lowest BCUT2D eigenvalue weighted by molar-refractivity contribution is -0.384. The quantitative estimate of drug-likeness (QED) is 0.192. The topological polar surface area (TPSA) is 124 Å². The number of halogens is 1. The number of non-ortho nitro benzene ring substituents is 1. The molecule has 2 aromatic heterocycles. The summed E-state index contributed by atoms with van der Waals surface area (Å²) < 4.78 is 31.7. The van der Waals surface area contributed by atoms with Crippen LogP contribution in [-0.4, -0.2) is 29.0 Å². The lowest BCUT2D eigenvalue weighted by Crippen LogP contribution is -2.30. The molecule has 1 N–H and O–H groups in total. The van der Waals surface area contributed by atoms with Crippen LogP contribution in [0.5, 0.6) is 0 Å². The highest BCUT2D eigenvalue weighted by Gasteiger charge is 2.33. The number of nitrogens with zero attached hydrogens (tertiary/aromatic N) is 3. The summed E-state index contributed by atoms with van der Waals surface area (Å²) in [5.41, 5.74) is 1.48. The summed E-state index contributed by atoms with van der Waals surface area (Å²) in [6, 6.07) is 25.9. The molecule has 1 amide bonds. The highest BCUT2D eigenvalue weighted by Crippen LogP contribution is 2.38. The summed E-state index contributed by atoms with van der Waals surface area (Å²) in [5, 5.41) is 15.9. The fourth-order valence-electron chi connectivity index (χ4n) is 3.85. The van der Waals surface area contributed by atoms with Crippen LogP contribution in [0.25, 0.3) is 28.2 Å². The number of amides is 1.